The average molecular weight is 506 g/mol. The molecule has 0 saturated heterocycles. The zero-order valence-electron chi connectivity index (χ0n) is 21.1. The summed E-state index contributed by atoms with van der Waals surface area (Å²) in [5.41, 5.74) is 1.17. The number of anilines is 1. The van der Waals surface area contributed by atoms with E-state index in [4.69, 9.17) is 9.47 Å². The smallest absolute Gasteiger partial charge is 0.244 e. The van der Waals surface area contributed by atoms with Gasteiger partial charge in [-0.2, -0.15) is 0 Å². The number of carbonyl (C=O) groups excluding carboxylic acids is 2. The standard InChI is InChI=1S/C25H35N3O6S/c1-18(2)26-25(30)19(3)27(15-14-20-10-8-7-9-11-20)24(29)17-28(35(6,31)32)22-16-21(33-4)12-13-23(22)34-5/h7-13,16,18-19H,14-15,17H2,1-6H3,(H,26,30)/t19-/m1/s1. The van der Waals surface area contributed by atoms with E-state index in [9.17, 15) is 18.0 Å². The molecular formula is C25H35N3O6S. The van der Waals surface area contributed by atoms with Gasteiger partial charge in [0.2, 0.25) is 21.8 Å². The molecule has 0 aliphatic heterocycles. The SMILES string of the molecule is COc1ccc(OC)c(N(CC(=O)N(CCc2ccccc2)[C@H](C)C(=O)NC(C)C)S(C)(=O)=O)c1. The molecule has 1 N–H and O–H groups in total. The van der Waals surface area contributed by atoms with Crippen LogP contribution in [0.1, 0.15) is 26.3 Å². The fourth-order valence-electron chi connectivity index (χ4n) is 3.56. The number of nitrogens with zero attached hydrogens (tertiary/aromatic N) is 2. The lowest BCUT2D eigenvalue weighted by Gasteiger charge is -2.32. The van der Waals surface area contributed by atoms with Crippen LogP contribution in [-0.2, 0) is 26.0 Å². The van der Waals surface area contributed by atoms with Crippen LogP contribution in [-0.4, -0.2) is 70.8 Å². The van der Waals surface area contributed by atoms with Crippen molar-refractivity contribution in [1.29, 1.82) is 0 Å². The van der Waals surface area contributed by atoms with Crippen molar-refractivity contribution < 1.29 is 27.5 Å². The number of ether oxygens (including phenoxy) is 2. The Balaban J connectivity index is 2.41. The Morgan fingerprint density at radius 2 is 1.66 bits per heavy atom. The maximum Gasteiger partial charge on any atom is 0.244 e. The monoisotopic (exact) mass is 505 g/mol. The second-order valence-corrected chi connectivity index (χ2v) is 10.4. The van der Waals surface area contributed by atoms with Crippen molar-refractivity contribution in [3.63, 3.8) is 0 Å². The van der Waals surface area contributed by atoms with Gasteiger partial charge in [0.05, 0.1) is 26.2 Å². The van der Waals surface area contributed by atoms with Crippen LogP contribution in [0.3, 0.4) is 0 Å². The third-order valence-electron chi connectivity index (χ3n) is 5.42. The molecule has 192 valence electrons. The molecular weight excluding hydrogens is 470 g/mol. The Morgan fingerprint density at radius 1 is 1.00 bits per heavy atom. The molecule has 0 aliphatic rings. The summed E-state index contributed by atoms with van der Waals surface area (Å²) in [5, 5.41) is 2.82. The first-order valence-electron chi connectivity index (χ1n) is 11.3. The van der Waals surface area contributed by atoms with Gasteiger partial charge in [0.1, 0.15) is 24.1 Å². The normalized spacial score (nSPS) is 12.1. The first kappa shape index (κ1) is 28.0. The number of carbonyl (C=O) groups is 2. The van der Waals surface area contributed by atoms with Gasteiger partial charge in [-0.1, -0.05) is 30.3 Å². The van der Waals surface area contributed by atoms with Gasteiger partial charge in [-0.15, -0.1) is 0 Å². The summed E-state index contributed by atoms with van der Waals surface area (Å²) in [7, 11) is -1.01. The third-order valence-corrected chi connectivity index (χ3v) is 6.54. The summed E-state index contributed by atoms with van der Waals surface area (Å²) in [6.45, 7) is 5.04. The van der Waals surface area contributed by atoms with E-state index >= 15 is 0 Å². The van der Waals surface area contributed by atoms with Crippen molar-refractivity contribution in [1.82, 2.24) is 10.2 Å². The Morgan fingerprint density at radius 3 is 2.20 bits per heavy atom. The molecule has 0 aliphatic carbocycles. The van der Waals surface area contributed by atoms with E-state index in [1.807, 2.05) is 44.2 Å². The molecule has 35 heavy (non-hydrogen) atoms. The number of benzene rings is 2. The summed E-state index contributed by atoms with van der Waals surface area (Å²) in [4.78, 5) is 27.7. The highest BCUT2D eigenvalue weighted by atomic mass is 32.2. The molecule has 10 heteroatoms. The quantitative estimate of drug-likeness (QED) is 0.475. The minimum atomic E-state index is -3.89. The minimum Gasteiger partial charge on any atom is -0.497 e. The minimum absolute atomic E-state index is 0.107. The lowest BCUT2D eigenvalue weighted by Crippen LogP contribution is -2.53. The number of hydrogen-bond acceptors (Lipinski definition) is 6. The molecule has 2 aromatic rings. The Bertz CT molecular complexity index is 1110. The third kappa shape index (κ3) is 7.88. The summed E-state index contributed by atoms with van der Waals surface area (Å²) in [5.74, 6) is -0.146. The Kier molecular flexibility index (Phi) is 9.94. The van der Waals surface area contributed by atoms with E-state index in [1.54, 1.807) is 19.1 Å². The lowest BCUT2D eigenvalue weighted by atomic mass is 10.1. The zero-order valence-corrected chi connectivity index (χ0v) is 22.0. The van der Waals surface area contributed by atoms with Gasteiger partial charge in [0.15, 0.2) is 0 Å². The number of methoxy groups -OCH3 is 2. The van der Waals surface area contributed by atoms with Gasteiger partial charge in [-0.05, 0) is 44.9 Å². The van der Waals surface area contributed by atoms with Crippen LogP contribution in [0, 0.1) is 0 Å². The first-order valence-corrected chi connectivity index (χ1v) is 13.2. The van der Waals surface area contributed by atoms with Crippen LogP contribution in [0.5, 0.6) is 11.5 Å². The number of nitrogens with one attached hydrogen (secondary N) is 1. The van der Waals surface area contributed by atoms with Crippen molar-refractivity contribution in [3.8, 4) is 11.5 Å². The van der Waals surface area contributed by atoms with Gasteiger partial charge in [0.25, 0.3) is 0 Å². The second kappa shape index (κ2) is 12.4. The van der Waals surface area contributed by atoms with Crippen LogP contribution < -0.4 is 19.1 Å². The second-order valence-electron chi connectivity index (χ2n) is 8.47. The topological polar surface area (TPSA) is 105 Å². The van der Waals surface area contributed by atoms with Gasteiger partial charge in [0, 0.05) is 18.7 Å². The van der Waals surface area contributed by atoms with E-state index in [0.29, 0.717) is 12.2 Å². The van der Waals surface area contributed by atoms with Crippen LogP contribution in [0.2, 0.25) is 0 Å². The maximum atomic E-state index is 13.5. The molecule has 0 radical (unpaired) electrons. The summed E-state index contributed by atoms with van der Waals surface area (Å²) >= 11 is 0. The molecule has 9 nitrogen and oxygen atoms in total. The Labute approximate surface area is 208 Å². The van der Waals surface area contributed by atoms with Crippen LogP contribution in [0.15, 0.2) is 48.5 Å². The van der Waals surface area contributed by atoms with Crippen molar-refractivity contribution in [2.75, 3.05) is 37.9 Å². The number of hydrogen-bond donors (Lipinski definition) is 1. The van der Waals surface area contributed by atoms with Crippen molar-refractivity contribution in [3.05, 3.63) is 54.1 Å². The van der Waals surface area contributed by atoms with E-state index < -0.39 is 28.5 Å². The van der Waals surface area contributed by atoms with Crippen molar-refractivity contribution in [2.24, 2.45) is 0 Å². The molecule has 2 amide bonds. The van der Waals surface area contributed by atoms with E-state index in [1.165, 1.54) is 25.2 Å². The van der Waals surface area contributed by atoms with E-state index in [2.05, 4.69) is 5.32 Å². The first-order chi connectivity index (χ1) is 16.5. The van der Waals surface area contributed by atoms with Gasteiger partial charge < -0.3 is 19.7 Å². The molecule has 0 unspecified atom stereocenters. The number of amides is 2. The summed E-state index contributed by atoms with van der Waals surface area (Å²) < 4.78 is 37.1. The van der Waals surface area contributed by atoms with Gasteiger partial charge in [-0.3, -0.25) is 13.9 Å². The van der Waals surface area contributed by atoms with E-state index in [-0.39, 0.29) is 29.9 Å². The highest BCUT2D eigenvalue weighted by Gasteiger charge is 2.31. The fraction of sp³-hybridized carbons (Fsp3) is 0.440. The maximum absolute atomic E-state index is 13.5. The molecule has 2 aromatic carbocycles. The zero-order chi connectivity index (χ0) is 26.2. The molecule has 0 saturated carbocycles. The summed E-state index contributed by atoms with van der Waals surface area (Å²) in [6, 6.07) is 13.4. The summed E-state index contributed by atoms with van der Waals surface area (Å²) in [6.07, 6.45) is 1.52. The molecule has 0 bridgehead atoms. The number of sulfonamides is 1. The molecule has 0 aromatic heterocycles. The predicted molar refractivity (Wildman–Crippen MR) is 136 cm³/mol. The average Bonchev–Trinajstić information content (AvgIpc) is 2.81. The molecule has 1 atom stereocenters. The van der Waals surface area contributed by atoms with Crippen molar-refractivity contribution in [2.45, 2.75) is 39.3 Å². The molecule has 0 spiro atoms. The highest BCUT2D eigenvalue weighted by Crippen LogP contribution is 2.33. The van der Waals surface area contributed by atoms with E-state index in [0.717, 1.165) is 16.1 Å². The predicted octanol–water partition coefficient (Wildman–Crippen LogP) is 2.45. The molecule has 0 heterocycles. The Hall–Kier alpha value is -3.27. The van der Waals surface area contributed by atoms with Gasteiger partial charge >= 0.3 is 0 Å². The number of rotatable bonds is 12. The molecule has 0 fully saturated rings. The molecule has 2 rings (SSSR count). The van der Waals surface area contributed by atoms with Crippen LogP contribution >= 0.6 is 0 Å². The lowest BCUT2D eigenvalue weighted by molar-refractivity contribution is -0.139. The largest absolute Gasteiger partial charge is 0.497 e. The highest BCUT2D eigenvalue weighted by molar-refractivity contribution is 7.92. The van der Waals surface area contributed by atoms with Gasteiger partial charge in [-0.25, -0.2) is 8.42 Å². The van der Waals surface area contributed by atoms with Crippen LogP contribution in [0.25, 0.3) is 0 Å². The van der Waals surface area contributed by atoms with Crippen LogP contribution in [0.4, 0.5) is 5.69 Å². The van der Waals surface area contributed by atoms with Crippen molar-refractivity contribution >= 4 is 27.5 Å². The fourth-order valence-corrected chi connectivity index (χ4v) is 4.41.